The fraction of sp³-hybridized carbons (Fsp3) is 0.167. The zero-order valence-corrected chi connectivity index (χ0v) is 11.3. The summed E-state index contributed by atoms with van der Waals surface area (Å²) in [6.07, 6.45) is -4.58. The van der Waals surface area contributed by atoms with Crippen molar-refractivity contribution in [1.82, 2.24) is 4.98 Å². The van der Waals surface area contributed by atoms with Crippen LogP contribution < -0.4 is 5.32 Å². The van der Waals surface area contributed by atoms with Crippen LogP contribution in [-0.4, -0.2) is 21.1 Å². The van der Waals surface area contributed by atoms with Gasteiger partial charge in [-0.15, -0.1) is 11.3 Å². The van der Waals surface area contributed by atoms with Crippen LogP contribution in [-0.2, 0) is 6.18 Å². The second-order valence-corrected chi connectivity index (χ2v) is 5.32. The predicted octanol–water partition coefficient (Wildman–Crippen LogP) is 3.13. The number of halogens is 3. The molecule has 1 amide bonds. The monoisotopic (exact) mass is 318 g/mol. The molecular formula is C12H9F3N2O3S. The Balaban J connectivity index is 2.26. The van der Waals surface area contributed by atoms with E-state index in [9.17, 15) is 28.2 Å². The zero-order chi connectivity index (χ0) is 15.8. The van der Waals surface area contributed by atoms with Crippen molar-refractivity contribution in [2.45, 2.75) is 13.1 Å². The molecule has 0 saturated carbocycles. The number of aromatic nitrogens is 1. The van der Waals surface area contributed by atoms with Crippen molar-refractivity contribution in [3.8, 4) is 11.5 Å². The molecule has 0 fully saturated rings. The Hall–Kier alpha value is -2.29. The first-order chi connectivity index (χ1) is 9.66. The number of rotatable bonds is 2. The van der Waals surface area contributed by atoms with E-state index in [1.54, 1.807) is 0 Å². The van der Waals surface area contributed by atoms with E-state index in [4.69, 9.17) is 0 Å². The molecule has 0 radical (unpaired) electrons. The van der Waals surface area contributed by atoms with E-state index >= 15 is 0 Å². The van der Waals surface area contributed by atoms with Crippen LogP contribution in [0.5, 0.6) is 11.5 Å². The van der Waals surface area contributed by atoms with Gasteiger partial charge in [-0.05, 0) is 19.1 Å². The standard InChI is InChI=1S/C12H9F3N2O3S/c1-5-9(17-11(21-5)12(13,14)15)16-10(20)6-2-7(18)4-8(19)3-6/h2-4,18-19H,1H3,(H,16,20). The van der Waals surface area contributed by atoms with Crippen LogP contribution in [0.2, 0.25) is 0 Å². The van der Waals surface area contributed by atoms with E-state index in [1.165, 1.54) is 6.92 Å². The minimum atomic E-state index is -4.58. The molecule has 112 valence electrons. The molecule has 2 rings (SSSR count). The van der Waals surface area contributed by atoms with Gasteiger partial charge in [0.15, 0.2) is 5.01 Å². The highest BCUT2D eigenvalue weighted by molar-refractivity contribution is 7.12. The Morgan fingerprint density at radius 2 is 1.81 bits per heavy atom. The number of aryl methyl sites for hydroxylation is 1. The molecular weight excluding hydrogens is 309 g/mol. The molecule has 0 aliphatic heterocycles. The Labute approximate surface area is 120 Å². The van der Waals surface area contributed by atoms with Crippen molar-refractivity contribution >= 4 is 23.1 Å². The van der Waals surface area contributed by atoms with Crippen molar-refractivity contribution < 1.29 is 28.2 Å². The van der Waals surface area contributed by atoms with Crippen LogP contribution in [0.1, 0.15) is 20.2 Å². The fourth-order valence-electron chi connectivity index (χ4n) is 1.54. The molecule has 1 heterocycles. The molecule has 0 spiro atoms. The SMILES string of the molecule is Cc1sc(C(F)(F)F)nc1NC(=O)c1cc(O)cc(O)c1. The minimum Gasteiger partial charge on any atom is -0.508 e. The number of benzene rings is 1. The molecule has 1 aromatic heterocycles. The lowest BCUT2D eigenvalue weighted by atomic mass is 10.2. The van der Waals surface area contributed by atoms with Crippen LogP contribution in [0, 0.1) is 6.92 Å². The molecule has 1 aromatic carbocycles. The highest BCUT2D eigenvalue weighted by Crippen LogP contribution is 2.35. The summed E-state index contributed by atoms with van der Waals surface area (Å²) in [7, 11) is 0. The van der Waals surface area contributed by atoms with Gasteiger partial charge in [0, 0.05) is 16.5 Å². The predicted molar refractivity (Wildman–Crippen MR) is 69.6 cm³/mol. The van der Waals surface area contributed by atoms with E-state index in [2.05, 4.69) is 10.3 Å². The smallest absolute Gasteiger partial charge is 0.443 e. The largest absolute Gasteiger partial charge is 0.508 e. The topological polar surface area (TPSA) is 82.5 Å². The number of hydrogen-bond acceptors (Lipinski definition) is 5. The highest BCUT2D eigenvalue weighted by Gasteiger charge is 2.35. The van der Waals surface area contributed by atoms with Crippen LogP contribution >= 0.6 is 11.3 Å². The maximum atomic E-state index is 12.5. The molecule has 0 saturated heterocycles. The van der Waals surface area contributed by atoms with Gasteiger partial charge in [0.1, 0.15) is 17.3 Å². The number of anilines is 1. The molecule has 3 N–H and O–H groups in total. The normalized spacial score (nSPS) is 11.4. The Kier molecular flexibility index (Phi) is 3.77. The Bertz CT molecular complexity index is 677. The van der Waals surface area contributed by atoms with Crippen molar-refractivity contribution in [2.75, 3.05) is 5.32 Å². The quantitative estimate of drug-likeness (QED) is 0.794. The second kappa shape index (κ2) is 5.24. The van der Waals surface area contributed by atoms with Gasteiger partial charge < -0.3 is 15.5 Å². The van der Waals surface area contributed by atoms with Gasteiger partial charge in [-0.2, -0.15) is 13.2 Å². The van der Waals surface area contributed by atoms with Crippen LogP contribution in [0.25, 0.3) is 0 Å². The number of aromatic hydroxyl groups is 2. The van der Waals surface area contributed by atoms with Gasteiger partial charge in [-0.25, -0.2) is 4.98 Å². The van der Waals surface area contributed by atoms with Gasteiger partial charge in [0.2, 0.25) is 0 Å². The van der Waals surface area contributed by atoms with E-state index in [1.807, 2.05) is 0 Å². The lowest BCUT2D eigenvalue weighted by Gasteiger charge is -2.05. The number of nitrogens with zero attached hydrogens (tertiary/aromatic N) is 1. The summed E-state index contributed by atoms with van der Waals surface area (Å²) in [5.41, 5.74) is -0.103. The van der Waals surface area contributed by atoms with E-state index in [0.717, 1.165) is 18.2 Å². The average molecular weight is 318 g/mol. The van der Waals surface area contributed by atoms with Gasteiger partial charge >= 0.3 is 6.18 Å². The van der Waals surface area contributed by atoms with Crippen molar-refractivity contribution in [2.24, 2.45) is 0 Å². The molecule has 2 aromatic rings. The van der Waals surface area contributed by atoms with E-state index in [-0.39, 0.29) is 27.8 Å². The van der Waals surface area contributed by atoms with E-state index in [0.29, 0.717) is 11.3 Å². The molecule has 0 atom stereocenters. The van der Waals surface area contributed by atoms with Crippen LogP contribution in [0.4, 0.5) is 19.0 Å². The molecule has 0 bridgehead atoms. The third kappa shape index (κ3) is 3.43. The van der Waals surface area contributed by atoms with E-state index < -0.39 is 17.1 Å². The molecule has 0 unspecified atom stereocenters. The first-order valence-electron chi connectivity index (χ1n) is 5.56. The number of phenolic OH excluding ortho intramolecular Hbond substituents is 2. The number of hydrogen-bond donors (Lipinski definition) is 3. The van der Waals surface area contributed by atoms with Gasteiger partial charge in [-0.3, -0.25) is 4.79 Å². The summed E-state index contributed by atoms with van der Waals surface area (Å²) in [6.45, 7) is 1.39. The van der Waals surface area contributed by atoms with Gasteiger partial charge in [0.05, 0.1) is 0 Å². The molecule has 0 aliphatic carbocycles. The molecule has 0 aliphatic rings. The van der Waals surface area contributed by atoms with Crippen LogP contribution in [0.3, 0.4) is 0 Å². The third-order valence-electron chi connectivity index (χ3n) is 2.44. The van der Waals surface area contributed by atoms with Crippen LogP contribution in [0.15, 0.2) is 18.2 Å². The Morgan fingerprint density at radius 1 is 1.24 bits per heavy atom. The molecule has 5 nitrogen and oxygen atoms in total. The summed E-state index contributed by atoms with van der Waals surface area (Å²) < 4.78 is 37.5. The summed E-state index contributed by atoms with van der Waals surface area (Å²) in [6, 6.07) is 3.16. The lowest BCUT2D eigenvalue weighted by molar-refractivity contribution is -0.137. The summed E-state index contributed by atoms with van der Waals surface area (Å²) in [4.78, 5) is 15.4. The number of thiazole rings is 1. The highest BCUT2D eigenvalue weighted by atomic mass is 32.1. The summed E-state index contributed by atoms with van der Waals surface area (Å²) in [5.74, 6) is -1.68. The van der Waals surface area contributed by atoms with Crippen molar-refractivity contribution in [3.05, 3.63) is 33.6 Å². The van der Waals surface area contributed by atoms with Crippen molar-refractivity contribution in [3.63, 3.8) is 0 Å². The third-order valence-corrected chi connectivity index (χ3v) is 3.45. The maximum Gasteiger partial charge on any atom is 0.443 e. The number of phenols is 2. The number of carbonyl (C=O) groups excluding carboxylic acids is 1. The number of amides is 1. The average Bonchev–Trinajstić information content (AvgIpc) is 2.69. The molecule has 21 heavy (non-hydrogen) atoms. The Morgan fingerprint density at radius 3 is 2.29 bits per heavy atom. The second-order valence-electron chi connectivity index (χ2n) is 4.11. The number of nitrogens with one attached hydrogen (secondary N) is 1. The fourth-order valence-corrected chi connectivity index (χ4v) is 2.28. The van der Waals surface area contributed by atoms with Crippen molar-refractivity contribution in [1.29, 1.82) is 0 Å². The zero-order valence-electron chi connectivity index (χ0n) is 10.5. The maximum absolute atomic E-state index is 12.5. The molecule has 9 heteroatoms. The summed E-state index contributed by atoms with van der Waals surface area (Å²) in [5, 5.41) is 19.7. The van der Waals surface area contributed by atoms with Gasteiger partial charge in [0.25, 0.3) is 5.91 Å². The number of carbonyl (C=O) groups is 1. The first-order valence-corrected chi connectivity index (χ1v) is 6.37. The summed E-state index contributed by atoms with van der Waals surface area (Å²) >= 11 is 0.415. The number of alkyl halides is 3. The first kappa shape index (κ1) is 15.1. The van der Waals surface area contributed by atoms with Gasteiger partial charge in [-0.1, -0.05) is 0 Å². The minimum absolute atomic E-state index is 0.103. The lowest BCUT2D eigenvalue weighted by Crippen LogP contribution is -2.13.